The van der Waals surface area contributed by atoms with Gasteiger partial charge < -0.3 is 0 Å². The lowest BCUT2D eigenvalue weighted by Gasteiger charge is -2.10. The van der Waals surface area contributed by atoms with E-state index in [4.69, 9.17) is 0 Å². The molecule has 1 heterocycles. The number of aromatic nitrogens is 2. The van der Waals surface area contributed by atoms with Gasteiger partial charge in [0.2, 0.25) is 0 Å². The van der Waals surface area contributed by atoms with Crippen LogP contribution in [-0.4, -0.2) is 9.78 Å². The fourth-order valence-electron chi connectivity index (χ4n) is 1.01. The van der Waals surface area contributed by atoms with Crippen LogP contribution in [0, 0.1) is 17.7 Å². The number of benzene rings is 1. The maximum atomic E-state index is 13.1. The van der Waals surface area contributed by atoms with E-state index in [-0.39, 0.29) is 5.69 Å². The van der Waals surface area contributed by atoms with Gasteiger partial charge in [0.25, 0.3) is 0 Å². The third-order valence-corrected chi connectivity index (χ3v) is 1.57. The number of halogens is 2. The first kappa shape index (κ1) is 7.91. The second-order valence-corrected chi connectivity index (χ2v) is 2.47. The van der Waals surface area contributed by atoms with Gasteiger partial charge in [-0.3, -0.25) is 13.5 Å². The van der Waals surface area contributed by atoms with Gasteiger partial charge in [0.15, 0.2) is 0 Å². The fourth-order valence-corrected chi connectivity index (χ4v) is 1.01. The third kappa shape index (κ3) is 1.42. The molecule has 0 bridgehead atoms. The standard InChI is InChI=1S/C9H5F2N2/c10-7-2-3-9(8(11)6-7)13-5-1-4-12-13/h1-2,4-6H/q-1. The summed E-state index contributed by atoms with van der Waals surface area (Å²) in [6, 6.07) is 5.98. The summed E-state index contributed by atoms with van der Waals surface area (Å²) in [5.41, 5.74) is 0.117. The van der Waals surface area contributed by atoms with Gasteiger partial charge in [0, 0.05) is 24.0 Å². The topological polar surface area (TPSA) is 17.8 Å². The second kappa shape index (κ2) is 2.97. The molecule has 2 aromatic rings. The van der Waals surface area contributed by atoms with Crippen LogP contribution in [0.4, 0.5) is 8.78 Å². The first-order valence-corrected chi connectivity index (χ1v) is 3.64. The van der Waals surface area contributed by atoms with E-state index >= 15 is 0 Å². The molecule has 0 saturated heterocycles. The molecule has 1 aromatic carbocycles. The van der Waals surface area contributed by atoms with Crippen LogP contribution < -0.4 is 0 Å². The molecule has 0 spiro atoms. The fraction of sp³-hybridized carbons (Fsp3) is 0. The molecule has 1 aromatic heterocycles. The van der Waals surface area contributed by atoms with Crippen molar-refractivity contribution >= 4 is 0 Å². The Morgan fingerprint density at radius 2 is 2.23 bits per heavy atom. The minimum atomic E-state index is -0.677. The summed E-state index contributed by atoms with van der Waals surface area (Å²) >= 11 is 0. The SMILES string of the molecule is Fc1c[c-]c(-n2cccn2)c(F)c1. The van der Waals surface area contributed by atoms with E-state index < -0.39 is 11.6 Å². The van der Waals surface area contributed by atoms with E-state index in [1.165, 1.54) is 10.9 Å². The molecule has 2 nitrogen and oxygen atoms in total. The Labute approximate surface area is 73.4 Å². The first-order chi connectivity index (χ1) is 6.27. The van der Waals surface area contributed by atoms with E-state index in [1.807, 2.05) is 0 Å². The summed E-state index contributed by atoms with van der Waals surface area (Å²) in [4.78, 5) is 0. The van der Waals surface area contributed by atoms with E-state index in [1.54, 1.807) is 12.3 Å². The van der Waals surface area contributed by atoms with Gasteiger partial charge >= 0.3 is 0 Å². The average molecular weight is 179 g/mol. The number of hydrogen-bond donors (Lipinski definition) is 0. The Kier molecular flexibility index (Phi) is 1.81. The first-order valence-electron chi connectivity index (χ1n) is 3.64. The monoisotopic (exact) mass is 179 g/mol. The molecule has 13 heavy (non-hydrogen) atoms. The largest absolute Gasteiger partial charge is 0.284 e. The molecule has 0 aliphatic rings. The van der Waals surface area contributed by atoms with Crippen molar-refractivity contribution < 1.29 is 8.78 Å². The molecule has 2 rings (SSSR count). The Bertz CT molecular complexity index is 410. The lowest BCUT2D eigenvalue weighted by molar-refractivity contribution is 0.573. The summed E-state index contributed by atoms with van der Waals surface area (Å²) in [5, 5.41) is 3.80. The van der Waals surface area contributed by atoms with Crippen molar-refractivity contribution in [2.24, 2.45) is 0 Å². The molecule has 0 atom stereocenters. The maximum Gasteiger partial charge on any atom is 0.0493 e. The molecule has 0 N–H and O–H groups in total. The minimum absolute atomic E-state index is 0.117. The zero-order valence-electron chi connectivity index (χ0n) is 6.54. The Balaban J connectivity index is 2.53. The van der Waals surface area contributed by atoms with Gasteiger partial charge in [-0.2, -0.15) is 11.2 Å². The molecule has 0 saturated carbocycles. The van der Waals surface area contributed by atoms with Crippen LogP contribution in [-0.2, 0) is 0 Å². The Morgan fingerprint density at radius 1 is 1.38 bits per heavy atom. The lowest BCUT2D eigenvalue weighted by Crippen LogP contribution is -1.98. The van der Waals surface area contributed by atoms with E-state index in [2.05, 4.69) is 11.2 Å². The minimum Gasteiger partial charge on any atom is -0.284 e. The molecule has 0 unspecified atom stereocenters. The Morgan fingerprint density at radius 3 is 2.85 bits per heavy atom. The average Bonchev–Trinajstić information content (AvgIpc) is 2.56. The van der Waals surface area contributed by atoms with Crippen LogP contribution in [0.15, 0.2) is 30.6 Å². The molecule has 4 heteroatoms. The molecular weight excluding hydrogens is 174 g/mol. The number of rotatable bonds is 1. The predicted molar refractivity (Wildman–Crippen MR) is 42.3 cm³/mol. The van der Waals surface area contributed by atoms with Crippen LogP contribution >= 0.6 is 0 Å². The highest BCUT2D eigenvalue weighted by molar-refractivity contribution is 5.31. The summed E-state index contributed by atoms with van der Waals surface area (Å²) in [6.45, 7) is 0. The van der Waals surface area contributed by atoms with Crippen LogP contribution in [0.5, 0.6) is 0 Å². The van der Waals surface area contributed by atoms with Crippen molar-refractivity contribution in [2.75, 3.05) is 0 Å². The van der Waals surface area contributed by atoms with E-state index in [0.717, 1.165) is 12.1 Å². The van der Waals surface area contributed by atoms with Gasteiger partial charge in [-0.15, -0.1) is 12.1 Å². The molecule has 0 aliphatic carbocycles. The zero-order chi connectivity index (χ0) is 9.26. The van der Waals surface area contributed by atoms with Crippen LogP contribution in [0.2, 0.25) is 0 Å². The molecule has 0 fully saturated rings. The van der Waals surface area contributed by atoms with Gasteiger partial charge in [0.05, 0.1) is 0 Å². The smallest absolute Gasteiger partial charge is 0.0493 e. The quantitative estimate of drug-likeness (QED) is 0.612. The lowest BCUT2D eigenvalue weighted by atomic mass is 10.3. The number of nitrogens with zero attached hydrogens (tertiary/aromatic N) is 2. The third-order valence-electron chi connectivity index (χ3n) is 1.57. The van der Waals surface area contributed by atoms with Crippen LogP contribution in [0.1, 0.15) is 0 Å². The number of hydrogen-bond acceptors (Lipinski definition) is 1. The van der Waals surface area contributed by atoms with Crippen molar-refractivity contribution in [1.29, 1.82) is 0 Å². The highest BCUT2D eigenvalue weighted by Gasteiger charge is 1.95. The Hall–Kier alpha value is -1.71. The van der Waals surface area contributed by atoms with Gasteiger partial charge in [-0.1, -0.05) is 0 Å². The van der Waals surface area contributed by atoms with Crippen molar-refractivity contribution in [3.8, 4) is 5.69 Å². The van der Waals surface area contributed by atoms with Crippen molar-refractivity contribution in [1.82, 2.24) is 9.78 Å². The summed E-state index contributed by atoms with van der Waals surface area (Å²) in [6.07, 6.45) is 3.07. The molecule has 0 radical (unpaired) electrons. The normalized spacial score (nSPS) is 10.3. The van der Waals surface area contributed by atoms with E-state index in [9.17, 15) is 8.78 Å². The van der Waals surface area contributed by atoms with Crippen LogP contribution in [0.3, 0.4) is 0 Å². The summed E-state index contributed by atoms with van der Waals surface area (Å²) in [5.74, 6) is -1.32. The van der Waals surface area contributed by atoms with Gasteiger partial charge in [-0.05, 0) is 11.8 Å². The predicted octanol–water partition coefficient (Wildman–Crippen LogP) is 1.95. The molecule has 66 valence electrons. The molecular formula is C9H5F2N2-. The van der Waals surface area contributed by atoms with E-state index in [0.29, 0.717) is 0 Å². The maximum absolute atomic E-state index is 13.1. The highest BCUT2D eigenvalue weighted by atomic mass is 19.1. The highest BCUT2D eigenvalue weighted by Crippen LogP contribution is 2.12. The zero-order valence-corrected chi connectivity index (χ0v) is 6.54. The summed E-state index contributed by atoms with van der Waals surface area (Å²) in [7, 11) is 0. The summed E-state index contributed by atoms with van der Waals surface area (Å²) < 4.78 is 26.9. The van der Waals surface area contributed by atoms with Crippen molar-refractivity contribution in [2.45, 2.75) is 0 Å². The van der Waals surface area contributed by atoms with Gasteiger partial charge in [-0.25, -0.2) is 0 Å². The van der Waals surface area contributed by atoms with Gasteiger partial charge in [0.1, 0.15) is 0 Å². The van der Waals surface area contributed by atoms with Crippen molar-refractivity contribution in [3.05, 3.63) is 48.3 Å². The van der Waals surface area contributed by atoms with Crippen LogP contribution in [0.25, 0.3) is 5.69 Å². The molecule has 0 amide bonds. The second-order valence-electron chi connectivity index (χ2n) is 2.47. The molecule has 0 aliphatic heterocycles. The van der Waals surface area contributed by atoms with Crippen molar-refractivity contribution in [3.63, 3.8) is 0 Å².